The molecule has 22 heavy (non-hydrogen) atoms. The Bertz CT molecular complexity index is 548. The van der Waals surface area contributed by atoms with Gasteiger partial charge in [-0.1, -0.05) is 18.5 Å². The maximum absolute atomic E-state index is 12.5. The van der Waals surface area contributed by atoms with E-state index in [0.29, 0.717) is 22.4 Å². The highest BCUT2D eigenvalue weighted by Gasteiger charge is 2.26. The lowest BCUT2D eigenvalue weighted by Gasteiger charge is -2.34. The second-order valence-corrected chi connectivity index (χ2v) is 6.62. The zero-order valence-corrected chi connectivity index (χ0v) is 14.5. The van der Waals surface area contributed by atoms with Crippen LogP contribution in [0.3, 0.4) is 0 Å². The molecule has 1 N–H and O–H groups in total. The molecule has 1 aromatic carbocycles. The van der Waals surface area contributed by atoms with Crippen molar-refractivity contribution in [1.29, 1.82) is 0 Å². The van der Waals surface area contributed by atoms with E-state index >= 15 is 0 Å². The average molecular weight is 325 g/mol. The number of anilines is 1. The third kappa shape index (κ3) is 3.93. The largest absolute Gasteiger partial charge is 0.495 e. The van der Waals surface area contributed by atoms with Gasteiger partial charge in [0.1, 0.15) is 5.75 Å². The zero-order valence-electron chi connectivity index (χ0n) is 13.8. The van der Waals surface area contributed by atoms with Crippen molar-refractivity contribution in [1.82, 2.24) is 4.90 Å². The standard InChI is InChI=1S/C17H25ClN2O2/c1-11-6-5-7-20(10-11)13(3)17(21)19-15-8-12(2)14(18)9-16(15)22-4/h8-9,11,13H,5-7,10H2,1-4H3,(H,19,21)/t11-,13-/m0/s1. The Kier molecular flexibility index (Phi) is 5.70. The monoisotopic (exact) mass is 324 g/mol. The van der Waals surface area contributed by atoms with Gasteiger partial charge >= 0.3 is 0 Å². The summed E-state index contributed by atoms with van der Waals surface area (Å²) in [6.07, 6.45) is 2.40. The molecule has 1 heterocycles. The van der Waals surface area contributed by atoms with Crippen LogP contribution in [0.1, 0.15) is 32.3 Å². The number of piperidine rings is 1. The van der Waals surface area contributed by atoms with Gasteiger partial charge in [-0.3, -0.25) is 9.69 Å². The van der Waals surface area contributed by atoms with Crippen molar-refractivity contribution >= 4 is 23.2 Å². The van der Waals surface area contributed by atoms with Crippen molar-refractivity contribution in [2.75, 3.05) is 25.5 Å². The number of rotatable bonds is 4. The van der Waals surface area contributed by atoms with Crippen molar-refractivity contribution < 1.29 is 9.53 Å². The van der Waals surface area contributed by atoms with E-state index in [2.05, 4.69) is 17.1 Å². The highest BCUT2D eigenvalue weighted by molar-refractivity contribution is 6.31. The first-order valence-corrected chi connectivity index (χ1v) is 8.19. The molecule has 1 aliphatic rings. The molecule has 2 atom stereocenters. The highest BCUT2D eigenvalue weighted by atomic mass is 35.5. The summed E-state index contributed by atoms with van der Waals surface area (Å²) in [5.41, 5.74) is 1.59. The second kappa shape index (κ2) is 7.34. The summed E-state index contributed by atoms with van der Waals surface area (Å²) in [5, 5.41) is 3.61. The van der Waals surface area contributed by atoms with E-state index < -0.39 is 0 Å². The molecule has 1 aromatic rings. The summed E-state index contributed by atoms with van der Waals surface area (Å²) < 4.78 is 5.31. The SMILES string of the molecule is COc1cc(Cl)c(C)cc1NC(=O)[C@H](C)N1CCC[C@H](C)C1. The molecular weight excluding hydrogens is 300 g/mol. The number of hydrogen-bond acceptors (Lipinski definition) is 3. The molecule has 0 bridgehead atoms. The van der Waals surface area contributed by atoms with Crippen LogP contribution in [0.2, 0.25) is 5.02 Å². The number of amides is 1. The molecule has 0 spiro atoms. The van der Waals surface area contributed by atoms with Crippen LogP contribution >= 0.6 is 11.6 Å². The molecule has 0 radical (unpaired) electrons. The Morgan fingerprint density at radius 1 is 1.50 bits per heavy atom. The predicted molar refractivity (Wildman–Crippen MR) is 90.8 cm³/mol. The number of halogens is 1. The van der Waals surface area contributed by atoms with Gasteiger partial charge in [0.05, 0.1) is 18.8 Å². The van der Waals surface area contributed by atoms with Gasteiger partial charge in [-0.05, 0) is 50.8 Å². The van der Waals surface area contributed by atoms with Crippen molar-refractivity contribution in [3.63, 3.8) is 0 Å². The van der Waals surface area contributed by atoms with Gasteiger partial charge < -0.3 is 10.1 Å². The van der Waals surface area contributed by atoms with Gasteiger partial charge in [-0.2, -0.15) is 0 Å². The van der Waals surface area contributed by atoms with E-state index in [9.17, 15) is 4.79 Å². The van der Waals surface area contributed by atoms with Crippen LogP contribution in [0.15, 0.2) is 12.1 Å². The number of aryl methyl sites for hydroxylation is 1. The lowest BCUT2D eigenvalue weighted by molar-refractivity contribution is -0.121. The van der Waals surface area contributed by atoms with Crippen molar-refractivity contribution in [3.8, 4) is 5.75 Å². The quantitative estimate of drug-likeness (QED) is 0.917. The summed E-state index contributed by atoms with van der Waals surface area (Å²) in [6.45, 7) is 8.07. The maximum atomic E-state index is 12.5. The Morgan fingerprint density at radius 3 is 2.86 bits per heavy atom. The first-order valence-electron chi connectivity index (χ1n) is 7.81. The van der Waals surface area contributed by atoms with Gasteiger partial charge in [-0.15, -0.1) is 0 Å². The molecule has 1 aliphatic heterocycles. The van der Waals surface area contributed by atoms with E-state index in [1.807, 2.05) is 19.9 Å². The van der Waals surface area contributed by atoms with Crippen LogP contribution < -0.4 is 10.1 Å². The Hall–Kier alpha value is -1.26. The molecule has 0 aliphatic carbocycles. The topological polar surface area (TPSA) is 41.6 Å². The zero-order chi connectivity index (χ0) is 16.3. The van der Waals surface area contributed by atoms with Crippen LogP contribution in [0, 0.1) is 12.8 Å². The third-order valence-corrected chi connectivity index (χ3v) is 4.76. The van der Waals surface area contributed by atoms with Crippen LogP contribution in [0.4, 0.5) is 5.69 Å². The molecule has 0 saturated carbocycles. The number of carbonyl (C=O) groups excluding carboxylic acids is 1. The summed E-state index contributed by atoms with van der Waals surface area (Å²) in [5.74, 6) is 1.23. The van der Waals surface area contributed by atoms with E-state index in [1.54, 1.807) is 13.2 Å². The Morgan fingerprint density at radius 2 is 2.23 bits per heavy atom. The van der Waals surface area contributed by atoms with Crippen LogP contribution in [0.5, 0.6) is 5.75 Å². The number of nitrogens with zero attached hydrogens (tertiary/aromatic N) is 1. The molecule has 1 fully saturated rings. The molecule has 0 aromatic heterocycles. The van der Waals surface area contributed by atoms with E-state index in [4.69, 9.17) is 16.3 Å². The fourth-order valence-corrected chi connectivity index (χ4v) is 3.06. The lowest BCUT2D eigenvalue weighted by atomic mass is 9.99. The number of benzene rings is 1. The molecule has 122 valence electrons. The van der Waals surface area contributed by atoms with Crippen molar-refractivity contribution in [2.45, 2.75) is 39.7 Å². The minimum Gasteiger partial charge on any atom is -0.495 e. The van der Waals surface area contributed by atoms with Gasteiger partial charge in [0.2, 0.25) is 5.91 Å². The first kappa shape index (κ1) is 17.1. The van der Waals surface area contributed by atoms with Crippen LogP contribution in [0.25, 0.3) is 0 Å². The molecule has 2 rings (SSSR count). The van der Waals surface area contributed by atoms with Crippen molar-refractivity contribution in [2.24, 2.45) is 5.92 Å². The minimum atomic E-state index is -0.150. The second-order valence-electron chi connectivity index (χ2n) is 6.21. The molecule has 1 amide bonds. The smallest absolute Gasteiger partial charge is 0.241 e. The van der Waals surface area contributed by atoms with E-state index in [1.165, 1.54) is 6.42 Å². The number of methoxy groups -OCH3 is 1. The Labute approximate surface area is 137 Å². The lowest BCUT2D eigenvalue weighted by Crippen LogP contribution is -2.46. The first-order chi connectivity index (χ1) is 10.4. The molecule has 1 saturated heterocycles. The van der Waals surface area contributed by atoms with Gasteiger partial charge in [-0.25, -0.2) is 0 Å². The molecule has 0 unspecified atom stereocenters. The summed E-state index contributed by atoms with van der Waals surface area (Å²) in [7, 11) is 1.58. The number of likely N-dealkylation sites (tertiary alicyclic amines) is 1. The summed E-state index contributed by atoms with van der Waals surface area (Å²) >= 11 is 6.10. The normalized spacial score (nSPS) is 20.5. The summed E-state index contributed by atoms with van der Waals surface area (Å²) in [6, 6.07) is 3.44. The van der Waals surface area contributed by atoms with Gasteiger partial charge in [0.15, 0.2) is 0 Å². The van der Waals surface area contributed by atoms with Crippen LogP contribution in [-0.2, 0) is 4.79 Å². The van der Waals surface area contributed by atoms with Gasteiger partial charge in [0, 0.05) is 17.6 Å². The maximum Gasteiger partial charge on any atom is 0.241 e. The van der Waals surface area contributed by atoms with E-state index in [-0.39, 0.29) is 11.9 Å². The number of ether oxygens (including phenoxy) is 1. The fraction of sp³-hybridized carbons (Fsp3) is 0.588. The highest BCUT2D eigenvalue weighted by Crippen LogP contribution is 2.31. The number of hydrogen-bond donors (Lipinski definition) is 1. The van der Waals surface area contributed by atoms with Gasteiger partial charge in [0.25, 0.3) is 0 Å². The van der Waals surface area contributed by atoms with Crippen molar-refractivity contribution in [3.05, 3.63) is 22.7 Å². The van der Waals surface area contributed by atoms with E-state index in [0.717, 1.165) is 25.1 Å². The molecule has 4 nitrogen and oxygen atoms in total. The predicted octanol–water partition coefficient (Wildman–Crippen LogP) is 3.72. The molecular formula is C17H25ClN2O2. The minimum absolute atomic E-state index is 0.00544. The average Bonchev–Trinajstić information content (AvgIpc) is 2.49. The number of nitrogens with one attached hydrogen (secondary N) is 1. The molecule has 5 heteroatoms. The Balaban J connectivity index is 2.09. The fourth-order valence-electron chi connectivity index (χ4n) is 2.91. The number of carbonyl (C=O) groups is 1. The van der Waals surface area contributed by atoms with Crippen LogP contribution in [-0.4, -0.2) is 37.0 Å². The summed E-state index contributed by atoms with van der Waals surface area (Å²) in [4.78, 5) is 14.8. The third-order valence-electron chi connectivity index (χ3n) is 4.35.